The van der Waals surface area contributed by atoms with Crippen LogP contribution in [0.15, 0.2) is 24.5 Å². The Bertz CT molecular complexity index is 694. The van der Waals surface area contributed by atoms with Gasteiger partial charge in [0.25, 0.3) is 0 Å². The average Bonchev–Trinajstić information content (AvgIpc) is 2.86. The number of nitrogens with zero attached hydrogens (tertiary/aromatic N) is 2. The molecule has 1 atom stereocenters. The molecule has 0 spiro atoms. The van der Waals surface area contributed by atoms with Gasteiger partial charge in [-0.25, -0.2) is 4.98 Å². The maximum absolute atomic E-state index is 12.0. The molecule has 3 rings (SSSR count). The summed E-state index contributed by atoms with van der Waals surface area (Å²) in [7, 11) is 0. The lowest BCUT2D eigenvalue weighted by atomic mass is 10.2. The van der Waals surface area contributed by atoms with Gasteiger partial charge in [0.05, 0.1) is 18.8 Å². The van der Waals surface area contributed by atoms with Gasteiger partial charge in [-0.2, -0.15) is 0 Å². The Kier molecular flexibility index (Phi) is 3.57. The average molecular weight is 287 g/mol. The van der Waals surface area contributed by atoms with Crippen molar-refractivity contribution in [3.05, 3.63) is 35.8 Å². The van der Waals surface area contributed by atoms with Gasteiger partial charge in [-0.1, -0.05) is 6.07 Å². The highest BCUT2D eigenvalue weighted by atomic mass is 16.2. The minimum Gasteiger partial charge on any atom is -0.349 e. The molecule has 1 fully saturated rings. The summed E-state index contributed by atoms with van der Waals surface area (Å²) in [6, 6.07) is 3.41. The van der Waals surface area contributed by atoms with Gasteiger partial charge in [-0.05, 0) is 18.6 Å². The molecular weight excluding hydrogens is 270 g/mol. The van der Waals surface area contributed by atoms with Gasteiger partial charge in [0.15, 0.2) is 0 Å². The van der Waals surface area contributed by atoms with Crippen molar-refractivity contribution >= 4 is 17.5 Å². The van der Waals surface area contributed by atoms with Gasteiger partial charge in [0, 0.05) is 18.9 Å². The number of imidazole rings is 1. The van der Waals surface area contributed by atoms with Crippen LogP contribution in [0.2, 0.25) is 0 Å². The lowest BCUT2D eigenvalue weighted by molar-refractivity contribution is -0.130. The maximum atomic E-state index is 12.0. The molecule has 2 aromatic heterocycles. The predicted molar refractivity (Wildman–Crippen MR) is 76.6 cm³/mol. The summed E-state index contributed by atoms with van der Waals surface area (Å²) in [5.74, 6) is -0.367. The van der Waals surface area contributed by atoms with E-state index in [0.29, 0.717) is 13.1 Å². The SMILES string of the molecule is Cc1ccc2nc(CNC(=O)C3CNCC(=O)N3)cn2c1. The van der Waals surface area contributed by atoms with Gasteiger partial charge in [0.1, 0.15) is 11.7 Å². The van der Waals surface area contributed by atoms with Crippen molar-refractivity contribution in [1.82, 2.24) is 25.3 Å². The van der Waals surface area contributed by atoms with Crippen LogP contribution in [0.25, 0.3) is 5.65 Å². The molecule has 0 saturated carbocycles. The van der Waals surface area contributed by atoms with Crippen LogP contribution in [0.1, 0.15) is 11.3 Å². The molecule has 21 heavy (non-hydrogen) atoms. The molecule has 0 aliphatic carbocycles. The van der Waals surface area contributed by atoms with Gasteiger partial charge >= 0.3 is 0 Å². The number of amides is 2. The van der Waals surface area contributed by atoms with E-state index >= 15 is 0 Å². The second kappa shape index (κ2) is 5.53. The standard InChI is InChI=1S/C14H17N5O2/c1-9-2-3-12-17-10(8-19(12)7-9)4-16-14(21)11-5-15-6-13(20)18-11/h2-3,7-8,11,15H,4-6H2,1H3,(H,16,21)(H,18,20). The summed E-state index contributed by atoms with van der Waals surface area (Å²) in [5, 5.41) is 8.34. The van der Waals surface area contributed by atoms with Crippen LogP contribution in [-0.2, 0) is 16.1 Å². The molecule has 3 heterocycles. The summed E-state index contributed by atoms with van der Waals surface area (Å²) < 4.78 is 1.93. The highest BCUT2D eigenvalue weighted by molar-refractivity contribution is 5.89. The van der Waals surface area contributed by atoms with Crippen molar-refractivity contribution in [1.29, 1.82) is 0 Å². The third-order valence-electron chi connectivity index (χ3n) is 3.38. The van der Waals surface area contributed by atoms with E-state index < -0.39 is 6.04 Å². The number of hydrogen-bond donors (Lipinski definition) is 3. The number of carbonyl (C=O) groups is 2. The van der Waals surface area contributed by atoms with Gasteiger partial charge in [-0.3, -0.25) is 9.59 Å². The molecule has 2 amide bonds. The minimum atomic E-state index is -0.523. The number of hydrogen-bond acceptors (Lipinski definition) is 4. The third kappa shape index (κ3) is 3.03. The van der Waals surface area contributed by atoms with Gasteiger partial charge in [-0.15, -0.1) is 0 Å². The fraction of sp³-hybridized carbons (Fsp3) is 0.357. The number of carbonyl (C=O) groups excluding carboxylic acids is 2. The Hall–Kier alpha value is -2.41. The molecule has 0 bridgehead atoms. The van der Waals surface area contributed by atoms with Crippen LogP contribution >= 0.6 is 0 Å². The van der Waals surface area contributed by atoms with Gasteiger partial charge < -0.3 is 20.4 Å². The van der Waals surface area contributed by atoms with E-state index in [0.717, 1.165) is 16.9 Å². The summed E-state index contributed by atoms with van der Waals surface area (Å²) in [6.45, 7) is 3.06. The molecule has 3 N–H and O–H groups in total. The van der Waals surface area contributed by atoms with E-state index in [1.165, 1.54) is 0 Å². The molecular formula is C14H17N5O2. The number of aryl methyl sites for hydroxylation is 1. The normalized spacial score (nSPS) is 18.5. The van der Waals surface area contributed by atoms with Gasteiger partial charge in [0.2, 0.25) is 11.8 Å². The monoisotopic (exact) mass is 287 g/mol. The van der Waals surface area contributed by atoms with E-state index in [1.807, 2.05) is 35.9 Å². The molecule has 2 aromatic rings. The highest BCUT2D eigenvalue weighted by Gasteiger charge is 2.24. The van der Waals surface area contributed by atoms with Crippen LogP contribution in [0.3, 0.4) is 0 Å². The number of nitrogens with one attached hydrogen (secondary N) is 3. The second-order valence-electron chi connectivity index (χ2n) is 5.17. The smallest absolute Gasteiger partial charge is 0.244 e. The van der Waals surface area contributed by atoms with E-state index in [9.17, 15) is 9.59 Å². The number of aromatic nitrogens is 2. The molecule has 7 heteroatoms. The zero-order valence-corrected chi connectivity index (χ0v) is 11.7. The fourth-order valence-corrected chi connectivity index (χ4v) is 2.33. The Morgan fingerprint density at radius 1 is 1.48 bits per heavy atom. The van der Waals surface area contributed by atoms with Crippen LogP contribution in [0.4, 0.5) is 0 Å². The molecule has 1 aliphatic rings. The van der Waals surface area contributed by atoms with Crippen molar-refractivity contribution < 1.29 is 9.59 Å². The molecule has 110 valence electrons. The van der Waals surface area contributed by atoms with Crippen molar-refractivity contribution in [3.8, 4) is 0 Å². The largest absolute Gasteiger partial charge is 0.349 e. The van der Waals surface area contributed by atoms with Crippen molar-refractivity contribution in [3.63, 3.8) is 0 Å². The third-order valence-corrected chi connectivity index (χ3v) is 3.38. The van der Waals surface area contributed by atoms with E-state index in [-0.39, 0.29) is 18.4 Å². The molecule has 1 aliphatic heterocycles. The topological polar surface area (TPSA) is 87.5 Å². The first kappa shape index (κ1) is 13.6. The zero-order valence-electron chi connectivity index (χ0n) is 11.7. The Morgan fingerprint density at radius 2 is 2.33 bits per heavy atom. The van der Waals surface area contributed by atoms with Crippen molar-refractivity contribution in [2.75, 3.05) is 13.1 Å². The van der Waals surface area contributed by atoms with Crippen LogP contribution < -0.4 is 16.0 Å². The van der Waals surface area contributed by atoms with Crippen molar-refractivity contribution in [2.24, 2.45) is 0 Å². The summed E-state index contributed by atoms with van der Waals surface area (Å²) >= 11 is 0. The summed E-state index contributed by atoms with van der Waals surface area (Å²) in [4.78, 5) is 27.6. The predicted octanol–water partition coefficient (Wildman–Crippen LogP) is -0.653. The number of rotatable bonds is 3. The second-order valence-corrected chi connectivity index (χ2v) is 5.17. The fourth-order valence-electron chi connectivity index (χ4n) is 2.33. The van der Waals surface area contributed by atoms with Crippen LogP contribution in [0.5, 0.6) is 0 Å². The van der Waals surface area contributed by atoms with E-state index in [4.69, 9.17) is 0 Å². The lowest BCUT2D eigenvalue weighted by Gasteiger charge is -2.23. The first-order valence-electron chi connectivity index (χ1n) is 6.84. The van der Waals surface area contributed by atoms with E-state index in [2.05, 4.69) is 20.9 Å². The number of pyridine rings is 1. The molecule has 7 nitrogen and oxygen atoms in total. The zero-order chi connectivity index (χ0) is 14.8. The maximum Gasteiger partial charge on any atom is 0.244 e. The first-order valence-corrected chi connectivity index (χ1v) is 6.84. The number of fused-ring (bicyclic) bond motifs is 1. The highest BCUT2D eigenvalue weighted by Crippen LogP contribution is 2.07. The van der Waals surface area contributed by atoms with Crippen LogP contribution in [-0.4, -0.2) is 40.3 Å². The minimum absolute atomic E-state index is 0.162. The molecule has 1 unspecified atom stereocenters. The van der Waals surface area contributed by atoms with E-state index in [1.54, 1.807) is 0 Å². The Morgan fingerprint density at radius 3 is 3.14 bits per heavy atom. The Labute approximate surface area is 121 Å². The van der Waals surface area contributed by atoms with Crippen LogP contribution in [0, 0.1) is 6.92 Å². The molecule has 1 saturated heterocycles. The summed E-state index contributed by atoms with van der Waals surface area (Å²) in [5.41, 5.74) is 2.77. The molecule has 0 radical (unpaired) electrons. The first-order chi connectivity index (χ1) is 10.1. The Balaban J connectivity index is 1.63. The molecule has 0 aromatic carbocycles. The lowest BCUT2D eigenvalue weighted by Crippen LogP contribution is -2.58. The van der Waals surface area contributed by atoms with Crippen molar-refractivity contribution in [2.45, 2.75) is 19.5 Å². The summed E-state index contributed by atoms with van der Waals surface area (Å²) in [6.07, 6.45) is 3.87. The quantitative estimate of drug-likeness (QED) is 0.700. The number of piperazine rings is 1.